The van der Waals surface area contributed by atoms with Crippen LogP contribution in [-0.2, 0) is 6.42 Å². The van der Waals surface area contributed by atoms with Crippen molar-refractivity contribution in [3.05, 3.63) is 109 Å². The average Bonchev–Trinajstić information content (AvgIpc) is 3.92. The van der Waals surface area contributed by atoms with Crippen LogP contribution >= 0.6 is 11.6 Å². The van der Waals surface area contributed by atoms with Gasteiger partial charge in [-0.15, -0.1) is 0 Å². The van der Waals surface area contributed by atoms with Gasteiger partial charge in [0.2, 0.25) is 0 Å². The number of urea groups is 2. The van der Waals surface area contributed by atoms with Gasteiger partial charge in [0.1, 0.15) is 11.0 Å². The highest BCUT2D eigenvalue weighted by atomic mass is 35.5. The molecule has 0 aromatic carbocycles. The smallest absolute Gasteiger partial charge is 0.423 e. The lowest BCUT2D eigenvalue weighted by Crippen LogP contribution is -2.48. The van der Waals surface area contributed by atoms with E-state index in [2.05, 4.69) is 79.7 Å². The monoisotopic (exact) mass is 855 g/mol. The number of halogens is 1. The van der Waals surface area contributed by atoms with Crippen LogP contribution in [0.5, 0.6) is 0 Å². The lowest BCUT2D eigenvalue weighted by atomic mass is 9.81. The number of aryl methyl sites for hydroxylation is 1. The molecule has 6 aromatic rings. The van der Waals surface area contributed by atoms with Gasteiger partial charge in [-0.25, -0.2) is 34.5 Å². The van der Waals surface area contributed by atoms with Crippen molar-refractivity contribution in [1.82, 2.24) is 39.9 Å². The minimum absolute atomic E-state index is 0.0885. The van der Waals surface area contributed by atoms with Crippen LogP contribution in [0.2, 0.25) is 5.15 Å². The van der Waals surface area contributed by atoms with E-state index in [1.807, 2.05) is 18.2 Å². The van der Waals surface area contributed by atoms with Gasteiger partial charge in [0.15, 0.2) is 23.3 Å². The Morgan fingerprint density at radius 2 is 1.31 bits per heavy atom. The zero-order chi connectivity index (χ0) is 43.2. The highest BCUT2D eigenvalue weighted by Crippen LogP contribution is 2.41. The predicted octanol–water partition coefficient (Wildman–Crippen LogP) is 4.09. The fraction of sp³-hybridized carbons (Fsp3) is 0.268. The van der Waals surface area contributed by atoms with Crippen molar-refractivity contribution in [2.45, 2.75) is 38.3 Å². The summed E-state index contributed by atoms with van der Waals surface area (Å²) in [6.45, 7) is 5.54. The largest absolute Gasteiger partial charge is 0.488 e. The van der Waals surface area contributed by atoms with E-state index in [4.69, 9.17) is 26.6 Å². The first-order valence-electron chi connectivity index (χ1n) is 20.0. The van der Waals surface area contributed by atoms with Crippen LogP contribution in [0.3, 0.4) is 0 Å². The minimum atomic E-state index is -1.43. The van der Waals surface area contributed by atoms with Gasteiger partial charge in [0.25, 0.3) is 0 Å². The van der Waals surface area contributed by atoms with Gasteiger partial charge in [-0.1, -0.05) is 18.5 Å². The van der Waals surface area contributed by atoms with E-state index in [0.29, 0.717) is 39.7 Å². The molecule has 0 unspecified atom stereocenters. The number of aromatic nitrogens is 8. The third-order valence-electron chi connectivity index (χ3n) is 10.7. The fourth-order valence-electron chi connectivity index (χ4n) is 7.72. The van der Waals surface area contributed by atoms with Gasteiger partial charge in [-0.05, 0) is 73.3 Å². The Labute approximate surface area is 362 Å². The minimum Gasteiger partial charge on any atom is -0.423 e. The molecular weight excluding hydrogens is 813 g/mol. The normalized spacial score (nSPS) is 16.5. The van der Waals surface area contributed by atoms with Crippen LogP contribution in [0.15, 0.2) is 98.1 Å². The number of anilines is 7. The second-order valence-corrected chi connectivity index (χ2v) is 14.9. The molecule has 21 heteroatoms. The van der Waals surface area contributed by atoms with Crippen molar-refractivity contribution in [2.24, 2.45) is 0 Å². The predicted molar refractivity (Wildman–Crippen MR) is 238 cm³/mol. The SMILES string of the molecule is CCc1cc(-c2ccc3c(n2)N(C(=O)Nc2cnccn2)[C@H]2CCN3C2)ccn1.CNc1cc(B(O)O)ccn1.O=C(Nc1cnccn1)N1c2nc(Cl)ccc2N2CC[C@H]1C2. The first kappa shape index (κ1) is 41.7. The Kier molecular flexibility index (Phi) is 12.6. The zero-order valence-electron chi connectivity index (χ0n) is 33.9. The van der Waals surface area contributed by atoms with Gasteiger partial charge >= 0.3 is 19.2 Å². The number of fused-ring (bicyclic) bond motifs is 8. The number of pyridine rings is 4. The summed E-state index contributed by atoms with van der Waals surface area (Å²) >= 11 is 6.01. The van der Waals surface area contributed by atoms with Crippen LogP contribution in [0.25, 0.3) is 11.3 Å². The van der Waals surface area contributed by atoms with E-state index < -0.39 is 7.12 Å². The Morgan fingerprint density at radius 3 is 1.87 bits per heavy atom. The maximum atomic E-state index is 13.1. The van der Waals surface area contributed by atoms with Gasteiger partial charge in [0.05, 0.1) is 41.5 Å². The zero-order valence-corrected chi connectivity index (χ0v) is 34.6. The van der Waals surface area contributed by atoms with Crippen molar-refractivity contribution in [3.8, 4) is 11.3 Å². The van der Waals surface area contributed by atoms with Crippen molar-refractivity contribution >= 4 is 76.7 Å². The quantitative estimate of drug-likeness (QED) is 0.118. The van der Waals surface area contributed by atoms with Gasteiger partial charge in [-0.2, -0.15) is 0 Å². The number of hydrogen-bond donors (Lipinski definition) is 5. The average molecular weight is 856 g/mol. The summed E-state index contributed by atoms with van der Waals surface area (Å²) < 4.78 is 0. The third kappa shape index (κ3) is 9.16. The topological polar surface area (TPSA) is 227 Å². The lowest BCUT2D eigenvalue weighted by Gasteiger charge is -2.35. The summed E-state index contributed by atoms with van der Waals surface area (Å²) in [5.41, 5.74) is 5.21. The van der Waals surface area contributed by atoms with E-state index in [-0.39, 0.29) is 24.1 Å². The molecule has 10 rings (SSSR count). The molecule has 0 saturated carbocycles. The van der Waals surface area contributed by atoms with E-state index in [9.17, 15) is 9.59 Å². The molecule has 5 N–H and O–H groups in total. The second kappa shape index (κ2) is 18.7. The van der Waals surface area contributed by atoms with Crippen LogP contribution in [0.1, 0.15) is 25.5 Å². The molecule has 0 spiro atoms. The number of carbonyl (C=O) groups excluding carboxylic acids is 2. The van der Waals surface area contributed by atoms with Gasteiger partial charge in [-0.3, -0.25) is 35.4 Å². The van der Waals surface area contributed by atoms with Crippen LogP contribution in [0.4, 0.5) is 50.1 Å². The van der Waals surface area contributed by atoms with Crippen molar-refractivity contribution in [2.75, 3.05) is 68.8 Å². The van der Waals surface area contributed by atoms with Crippen molar-refractivity contribution in [3.63, 3.8) is 0 Å². The number of nitrogens with one attached hydrogen (secondary N) is 3. The molecule has 0 aliphatic carbocycles. The van der Waals surface area contributed by atoms with Gasteiger partial charge < -0.3 is 25.2 Å². The molecule has 62 heavy (non-hydrogen) atoms. The number of rotatable bonds is 6. The number of carbonyl (C=O) groups is 2. The third-order valence-corrected chi connectivity index (χ3v) is 10.9. The van der Waals surface area contributed by atoms with Crippen LogP contribution in [0, 0.1) is 0 Å². The Balaban J connectivity index is 0.000000141. The standard InChI is InChI=1S/C21H21N7O.C14H13ClN6O.C6H9BN2O2/c1-2-15-11-14(5-7-23-15)17-3-4-18-20(25-17)28(16-6-10-27(18)13-16)21(29)26-19-12-22-8-9-24-19;15-11-2-1-10-13(18-11)21(9-3-6-20(10)8-9)14(22)19-12-7-16-4-5-17-12;1-8-6-4-5(7(10)11)2-3-9-6/h3-5,7-9,11-12,16H,2,6,10,13H2,1H3,(H,24,26,29);1-2,4-5,7,9H,3,6,8H2,(H,17,19,22);2-4,10-11H,1H3,(H,8,9)/t16-;9-;/m00./s1. The summed E-state index contributed by atoms with van der Waals surface area (Å²) in [7, 11) is 0.292. The molecule has 4 aliphatic rings. The molecule has 4 bridgehead atoms. The fourth-order valence-corrected chi connectivity index (χ4v) is 7.87. The first-order chi connectivity index (χ1) is 30.2. The number of amides is 4. The van der Waals surface area contributed by atoms with E-state index in [0.717, 1.165) is 73.8 Å². The van der Waals surface area contributed by atoms with Crippen molar-refractivity contribution in [1.29, 1.82) is 0 Å². The first-order valence-corrected chi connectivity index (χ1v) is 20.4. The Hall–Kier alpha value is -7.03. The molecule has 10 heterocycles. The van der Waals surface area contributed by atoms with E-state index in [1.165, 1.54) is 24.8 Å². The van der Waals surface area contributed by atoms with Gasteiger partial charge in [0, 0.05) is 81.7 Å². The number of nitrogens with zero attached hydrogens (tertiary/aromatic N) is 12. The molecule has 4 aliphatic heterocycles. The molecule has 2 atom stereocenters. The molecular formula is C41H43BClN15O4. The summed E-state index contributed by atoms with van der Waals surface area (Å²) in [6, 6.07) is 14.6. The Morgan fingerprint density at radius 1 is 0.726 bits per heavy atom. The lowest BCUT2D eigenvalue weighted by molar-refractivity contribution is 0.254. The van der Waals surface area contributed by atoms with E-state index in [1.54, 1.807) is 59.8 Å². The van der Waals surface area contributed by atoms with Crippen LogP contribution in [-0.4, -0.2) is 114 Å². The molecule has 6 aromatic heterocycles. The van der Waals surface area contributed by atoms with E-state index >= 15 is 0 Å². The summed E-state index contributed by atoms with van der Waals surface area (Å²) in [5.74, 6) is 2.75. The molecule has 2 fully saturated rings. The number of hydrogen-bond acceptors (Lipinski definition) is 15. The van der Waals surface area contributed by atoms with Crippen LogP contribution < -0.4 is 41.0 Å². The second-order valence-electron chi connectivity index (χ2n) is 14.6. The molecule has 0 radical (unpaired) electrons. The van der Waals surface area contributed by atoms with Crippen molar-refractivity contribution < 1.29 is 19.6 Å². The summed E-state index contributed by atoms with van der Waals surface area (Å²) in [6.07, 6.45) is 15.3. The molecule has 316 valence electrons. The molecule has 19 nitrogen and oxygen atoms in total. The molecule has 2 saturated heterocycles. The summed E-state index contributed by atoms with van der Waals surface area (Å²) in [5, 5.41) is 26.3. The highest BCUT2D eigenvalue weighted by Gasteiger charge is 2.41. The summed E-state index contributed by atoms with van der Waals surface area (Å²) in [4.78, 5) is 67.5. The maximum Gasteiger partial charge on any atom is 0.488 e. The Bertz CT molecular complexity index is 2530. The maximum absolute atomic E-state index is 13.1. The highest BCUT2D eigenvalue weighted by molar-refractivity contribution is 6.58. The molecule has 4 amide bonds.